The molecule has 1 saturated heterocycles. The SMILES string of the molecule is C=C(CN1CCOCC1)C(=O)c1ccc(OC)cc1.Cl. The van der Waals surface area contributed by atoms with Gasteiger partial charge in [-0.25, -0.2) is 0 Å². The van der Waals surface area contributed by atoms with E-state index in [1.807, 2.05) is 0 Å². The number of rotatable bonds is 5. The fraction of sp³-hybridized carbons (Fsp3) is 0.400. The lowest BCUT2D eigenvalue weighted by Crippen LogP contribution is -2.38. The molecule has 0 aromatic heterocycles. The molecular weight excluding hydrogens is 278 g/mol. The van der Waals surface area contributed by atoms with Crippen LogP contribution in [0.15, 0.2) is 36.4 Å². The molecule has 1 aromatic rings. The Balaban J connectivity index is 0.00000200. The highest BCUT2D eigenvalue weighted by Crippen LogP contribution is 2.14. The molecule has 1 aliphatic rings. The Kier molecular flexibility index (Phi) is 6.71. The van der Waals surface area contributed by atoms with Gasteiger partial charge in [-0.3, -0.25) is 9.69 Å². The van der Waals surface area contributed by atoms with Crippen LogP contribution < -0.4 is 4.74 Å². The van der Waals surface area contributed by atoms with Crippen molar-refractivity contribution in [1.82, 2.24) is 4.90 Å². The predicted octanol–water partition coefficient (Wildman–Crippen LogP) is 2.19. The molecule has 0 radical (unpaired) electrons. The van der Waals surface area contributed by atoms with Gasteiger partial charge in [0.15, 0.2) is 5.78 Å². The lowest BCUT2D eigenvalue weighted by molar-refractivity contribution is 0.0418. The Hall–Kier alpha value is -1.36. The average Bonchev–Trinajstić information content (AvgIpc) is 2.47. The van der Waals surface area contributed by atoms with Crippen molar-refractivity contribution in [2.45, 2.75) is 0 Å². The van der Waals surface area contributed by atoms with Crippen LogP contribution in [0.5, 0.6) is 5.75 Å². The Morgan fingerprint density at radius 2 is 1.90 bits per heavy atom. The van der Waals surface area contributed by atoms with Gasteiger partial charge in [0.05, 0.1) is 20.3 Å². The van der Waals surface area contributed by atoms with Crippen LogP contribution in [-0.2, 0) is 4.74 Å². The number of benzene rings is 1. The van der Waals surface area contributed by atoms with Gasteiger partial charge >= 0.3 is 0 Å². The molecule has 1 heterocycles. The fourth-order valence-electron chi connectivity index (χ4n) is 2.05. The number of morpholine rings is 1. The van der Waals surface area contributed by atoms with E-state index in [-0.39, 0.29) is 18.2 Å². The van der Waals surface area contributed by atoms with Gasteiger partial charge in [-0.15, -0.1) is 12.4 Å². The van der Waals surface area contributed by atoms with E-state index in [1.54, 1.807) is 31.4 Å². The summed E-state index contributed by atoms with van der Waals surface area (Å²) in [6.45, 7) is 7.67. The van der Waals surface area contributed by atoms with Crippen molar-refractivity contribution in [1.29, 1.82) is 0 Å². The molecule has 20 heavy (non-hydrogen) atoms. The molecule has 0 bridgehead atoms. The minimum absolute atomic E-state index is 0. The van der Waals surface area contributed by atoms with Crippen LogP contribution in [0.3, 0.4) is 0 Å². The number of ketones is 1. The molecule has 1 aromatic carbocycles. The van der Waals surface area contributed by atoms with Crippen molar-refractivity contribution in [3.8, 4) is 5.75 Å². The molecule has 0 aliphatic carbocycles. The first-order chi connectivity index (χ1) is 9.20. The molecule has 0 N–H and O–H groups in total. The molecule has 110 valence electrons. The summed E-state index contributed by atoms with van der Waals surface area (Å²) in [5.74, 6) is 0.740. The van der Waals surface area contributed by atoms with Crippen LogP contribution in [0.4, 0.5) is 0 Å². The third-order valence-electron chi connectivity index (χ3n) is 3.19. The number of ether oxygens (including phenoxy) is 2. The quantitative estimate of drug-likeness (QED) is 0.617. The summed E-state index contributed by atoms with van der Waals surface area (Å²) in [5.41, 5.74) is 1.27. The van der Waals surface area contributed by atoms with Gasteiger partial charge in [0.25, 0.3) is 0 Å². The lowest BCUT2D eigenvalue weighted by Gasteiger charge is -2.26. The number of methoxy groups -OCH3 is 1. The molecule has 4 nitrogen and oxygen atoms in total. The second kappa shape index (κ2) is 8.04. The van der Waals surface area contributed by atoms with Gasteiger partial charge in [0.2, 0.25) is 0 Å². The molecule has 0 atom stereocenters. The van der Waals surface area contributed by atoms with Crippen LogP contribution in [0, 0.1) is 0 Å². The summed E-state index contributed by atoms with van der Waals surface area (Å²) < 4.78 is 10.4. The number of carbonyl (C=O) groups is 1. The first-order valence-electron chi connectivity index (χ1n) is 6.37. The number of carbonyl (C=O) groups excluding carboxylic acids is 1. The van der Waals surface area contributed by atoms with Crippen LogP contribution >= 0.6 is 12.4 Å². The molecule has 0 unspecified atom stereocenters. The predicted molar refractivity (Wildman–Crippen MR) is 81.0 cm³/mol. The highest BCUT2D eigenvalue weighted by atomic mass is 35.5. The maximum absolute atomic E-state index is 12.2. The topological polar surface area (TPSA) is 38.8 Å². The van der Waals surface area contributed by atoms with Gasteiger partial charge in [0.1, 0.15) is 5.75 Å². The zero-order valence-electron chi connectivity index (χ0n) is 11.6. The number of hydrogen-bond acceptors (Lipinski definition) is 4. The van der Waals surface area contributed by atoms with E-state index in [0.717, 1.165) is 32.1 Å². The molecule has 1 aliphatic heterocycles. The molecule has 5 heteroatoms. The minimum Gasteiger partial charge on any atom is -0.497 e. The Bertz CT molecular complexity index is 453. The number of hydrogen-bond donors (Lipinski definition) is 0. The molecule has 0 spiro atoms. The summed E-state index contributed by atoms with van der Waals surface area (Å²) in [5, 5.41) is 0. The van der Waals surface area contributed by atoms with Crippen molar-refractivity contribution in [3.05, 3.63) is 42.0 Å². The third kappa shape index (κ3) is 4.34. The minimum atomic E-state index is -0.00542. The van der Waals surface area contributed by atoms with Crippen molar-refractivity contribution in [2.75, 3.05) is 40.0 Å². The van der Waals surface area contributed by atoms with E-state index >= 15 is 0 Å². The largest absolute Gasteiger partial charge is 0.497 e. The zero-order chi connectivity index (χ0) is 13.7. The van der Waals surface area contributed by atoms with Crippen LogP contribution in [-0.4, -0.2) is 50.6 Å². The van der Waals surface area contributed by atoms with Gasteiger partial charge < -0.3 is 9.47 Å². The summed E-state index contributed by atoms with van der Waals surface area (Å²) in [4.78, 5) is 14.4. The van der Waals surface area contributed by atoms with E-state index in [0.29, 0.717) is 17.7 Å². The Morgan fingerprint density at radius 3 is 2.45 bits per heavy atom. The molecule has 2 rings (SSSR count). The summed E-state index contributed by atoms with van der Waals surface area (Å²) in [7, 11) is 1.61. The van der Waals surface area contributed by atoms with E-state index in [9.17, 15) is 4.79 Å². The second-order valence-corrected chi connectivity index (χ2v) is 4.55. The fourth-order valence-corrected chi connectivity index (χ4v) is 2.05. The van der Waals surface area contributed by atoms with Crippen molar-refractivity contribution in [3.63, 3.8) is 0 Å². The summed E-state index contributed by atoms with van der Waals surface area (Å²) >= 11 is 0. The van der Waals surface area contributed by atoms with E-state index in [2.05, 4.69) is 11.5 Å². The number of halogens is 1. The highest BCUT2D eigenvalue weighted by molar-refractivity contribution is 6.08. The van der Waals surface area contributed by atoms with Gasteiger partial charge in [-0.05, 0) is 24.3 Å². The first-order valence-corrected chi connectivity index (χ1v) is 6.37. The molecule has 0 saturated carbocycles. The van der Waals surface area contributed by atoms with Crippen LogP contribution in [0.1, 0.15) is 10.4 Å². The second-order valence-electron chi connectivity index (χ2n) is 4.55. The first kappa shape index (κ1) is 16.7. The standard InChI is InChI=1S/C15H19NO3.ClH/c1-12(11-16-7-9-19-10-8-16)15(17)13-3-5-14(18-2)6-4-13;/h3-6H,1,7-11H2,2H3;1H. The molecular formula is C15H20ClNO3. The third-order valence-corrected chi connectivity index (χ3v) is 3.19. The van der Waals surface area contributed by atoms with Crippen molar-refractivity contribution in [2.24, 2.45) is 0 Å². The highest BCUT2D eigenvalue weighted by Gasteiger charge is 2.16. The van der Waals surface area contributed by atoms with Gasteiger partial charge in [0, 0.05) is 30.8 Å². The summed E-state index contributed by atoms with van der Waals surface area (Å²) in [6.07, 6.45) is 0. The van der Waals surface area contributed by atoms with E-state index in [1.165, 1.54) is 0 Å². The summed E-state index contributed by atoms with van der Waals surface area (Å²) in [6, 6.07) is 7.11. The van der Waals surface area contributed by atoms with Crippen molar-refractivity contribution >= 4 is 18.2 Å². The van der Waals surface area contributed by atoms with E-state index in [4.69, 9.17) is 9.47 Å². The number of Topliss-reactive ketones (excluding diaryl/α,β-unsaturated/α-hetero) is 1. The van der Waals surface area contributed by atoms with Crippen LogP contribution in [0.25, 0.3) is 0 Å². The zero-order valence-corrected chi connectivity index (χ0v) is 12.4. The van der Waals surface area contributed by atoms with E-state index < -0.39 is 0 Å². The Labute approximate surface area is 125 Å². The lowest BCUT2D eigenvalue weighted by atomic mass is 10.0. The molecule has 1 fully saturated rings. The van der Waals surface area contributed by atoms with Gasteiger partial charge in [-0.1, -0.05) is 6.58 Å². The number of nitrogens with zero attached hydrogens (tertiary/aromatic N) is 1. The monoisotopic (exact) mass is 297 g/mol. The van der Waals surface area contributed by atoms with Gasteiger partial charge in [-0.2, -0.15) is 0 Å². The Morgan fingerprint density at radius 1 is 1.30 bits per heavy atom. The van der Waals surface area contributed by atoms with Crippen LogP contribution in [0.2, 0.25) is 0 Å². The van der Waals surface area contributed by atoms with Crippen molar-refractivity contribution < 1.29 is 14.3 Å². The molecule has 0 amide bonds. The maximum Gasteiger partial charge on any atom is 0.189 e. The average molecular weight is 298 g/mol. The normalized spacial score (nSPS) is 15.2. The smallest absolute Gasteiger partial charge is 0.189 e. The maximum atomic E-state index is 12.2.